The van der Waals surface area contributed by atoms with E-state index in [0.29, 0.717) is 0 Å². The van der Waals surface area contributed by atoms with E-state index in [1.165, 1.54) is 0 Å². The number of fused-ring (bicyclic) bond motifs is 2. The van der Waals surface area contributed by atoms with Crippen molar-refractivity contribution in [3.8, 4) is 6.07 Å². The Hall–Kier alpha value is -0.590. The monoisotopic (exact) mass is 235 g/mol. The molecule has 2 aliphatic heterocycles. The smallest absolute Gasteiger partial charge is 0.115 e. The van der Waals surface area contributed by atoms with Crippen LogP contribution in [0.15, 0.2) is 0 Å². The van der Waals surface area contributed by atoms with Crippen LogP contribution in [0.4, 0.5) is 0 Å². The van der Waals surface area contributed by atoms with Crippen LogP contribution in [-0.4, -0.2) is 22.9 Å². The minimum atomic E-state index is -0.866. The van der Waals surface area contributed by atoms with Crippen LogP contribution >= 0.6 is 0 Å². The summed E-state index contributed by atoms with van der Waals surface area (Å²) < 4.78 is 5.87. The van der Waals surface area contributed by atoms with Crippen LogP contribution in [0.1, 0.15) is 52.4 Å². The van der Waals surface area contributed by atoms with Gasteiger partial charge in [-0.1, -0.05) is 13.8 Å². The fourth-order valence-electron chi connectivity index (χ4n) is 4.51. The van der Waals surface area contributed by atoms with E-state index < -0.39 is 11.0 Å². The van der Waals surface area contributed by atoms with E-state index in [2.05, 4.69) is 19.9 Å². The zero-order valence-electron chi connectivity index (χ0n) is 10.7. The van der Waals surface area contributed by atoms with E-state index in [1.54, 1.807) is 0 Å². The fourth-order valence-corrected chi connectivity index (χ4v) is 4.51. The van der Waals surface area contributed by atoms with Gasteiger partial charge in [-0.2, -0.15) is 5.26 Å². The van der Waals surface area contributed by atoms with Crippen LogP contribution in [0.5, 0.6) is 0 Å². The Bertz CT molecular complexity index is 386. The van der Waals surface area contributed by atoms with Crippen LogP contribution in [0.3, 0.4) is 0 Å². The predicted molar refractivity (Wildman–Crippen MR) is 63.1 cm³/mol. The molecular formula is C14H21NO2. The van der Waals surface area contributed by atoms with Gasteiger partial charge in [0.2, 0.25) is 0 Å². The van der Waals surface area contributed by atoms with Crippen molar-refractivity contribution in [2.45, 2.75) is 70.2 Å². The topological polar surface area (TPSA) is 53.2 Å². The summed E-state index contributed by atoms with van der Waals surface area (Å²) in [6.45, 7) is 4.20. The minimum absolute atomic E-state index is 0.0418. The van der Waals surface area contributed by atoms with Gasteiger partial charge in [0.15, 0.2) is 0 Å². The lowest BCUT2D eigenvalue weighted by molar-refractivity contribution is -0.141. The third kappa shape index (κ3) is 1.18. The molecule has 0 spiro atoms. The fraction of sp³-hybridized carbons (Fsp3) is 0.929. The van der Waals surface area contributed by atoms with Gasteiger partial charge in [0.25, 0.3) is 0 Å². The van der Waals surface area contributed by atoms with Crippen LogP contribution in [0, 0.1) is 22.2 Å². The Morgan fingerprint density at radius 1 is 1.29 bits per heavy atom. The van der Waals surface area contributed by atoms with Crippen molar-refractivity contribution < 1.29 is 9.84 Å². The molecule has 1 saturated carbocycles. The van der Waals surface area contributed by atoms with E-state index in [-0.39, 0.29) is 17.6 Å². The molecule has 2 bridgehead atoms. The highest BCUT2D eigenvalue weighted by molar-refractivity contribution is 5.25. The second-order valence-corrected chi connectivity index (χ2v) is 6.71. The third-order valence-electron chi connectivity index (χ3n) is 5.60. The Kier molecular flexibility index (Phi) is 2.19. The normalized spacial score (nSPS) is 51.6. The van der Waals surface area contributed by atoms with Gasteiger partial charge in [0.05, 0.1) is 23.9 Å². The summed E-state index contributed by atoms with van der Waals surface area (Å²) >= 11 is 0. The molecule has 0 aromatic heterocycles. The molecular weight excluding hydrogens is 214 g/mol. The largest absolute Gasteiger partial charge is 0.388 e. The first-order chi connectivity index (χ1) is 7.95. The maximum Gasteiger partial charge on any atom is 0.115 e. The Labute approximate surface area is 103 Å². The Balaban J connectivity index is 2.05. The van der Waals surface area contributed by atoms with Gasteiger partial charge in [0.1, 0.15) is 5.41 Å². The molecule has 2 saturated heterocycles. The van der Waals surface area contributed by atoms with Crippen LogP contribution in [-0.2, 0) is 4.74 Å². The van der Waals surface area contributed by atoms with Crippen LogP contribution in [0.25, 0.3) is 0 Å². The molecule has 0 amide bonds. The summed E-state index contributed by atoms with van der Waals surface area (Å²) in [5.74, 6) is 0. The molecule has 1 aliphatic carbocycles. The Morgan fingerprint density at radius 2 is 2.06 bits per heavy atom. The predicted octanol–water partition coefficient (Wildman–Crippen LogP) is 2.39. The number of ether oxygens (including phenoxy) is 1. The number of hydrogen-bond donors (Lipinski definition) is 1. The van der Waals surface area contributed by atoms with Crippen molar-refractivity contribution in [3.05, 3.63) is 0 Å². The molecule has 3 heteroatoms. The first-order valence-corrected chi connectivity index (χ1v) is 6.74. The van der Waals surface area contributed by atoms with Crippen LogP contribution < -0.4 is 0 Å². The van der Waals surface area contributed by atoms with Crippen molar-refractivity contribution in [1.29, 1.82) is 5.26 Å². The quantitative estimate of drug-likeness (QED) is 0.759. The standard InChI is InChI=1S/C14H21NO2/c1-12(2)6-3-7-14(12,16)13(9-15)8-10-4-5-11(13)17-10/h10-11,16H,3-8H2,1-2H3. The number of rotatable bonds is 1. The molecule has 3 rings (SSSR count). The SMILES string of the molecule is CC1(C)CCCC1(O)C1(C#N)CC2CCC1O2. The highest BCUT2D eigenvalue weighted by Crippen LogP contribution is 2.63. The lowest BCUT2D eigenvalue weighted by Gasteiger charge is -2.49. The zero-order chi connectivity index (χ0) is 12.3. The van der Waals surface area contributed by atoms with Crippen molar-refractivity contribution in [3.63, 3.8) is 0 Å². The third-order valence-corrected chi connectivity index (χ3v) is 5.60. The molecule has 0 radical (unpaired) electrons. The molecule has 4 atom stereocenters. The maximum atomic E-state index is 11.2. The van der Waals surface area contributed by atoms with Gasteiger partial charge in [-0.05, 0) is 43.9 Å². The molecule has 3 fully saturated rings. The second-order valence-electron chi connectivity index (χ2n) is 6.71. The van der Waals surface area contributed by atoms with Crippen molar-refractivity contribution in [1.82, 2.24) is 0 Å². The van der Waals surface area contributed by atoms with Gasteiger partial charge in [-0.25, -0.2) is 0 Å². The van der Waals surface area contributed by atoms with Crippen molar-refractivity contribution >= 4 is 0 Å². The van der Waals surface area contributed by atoms with Crippen molar-refractivity contribution in [2.75, 3.05) is 0 Å². The van der Waals surface area contributed by atoms with Gasteiger partial charge >= 0.3 is 0 Å². The number of aliphatic hydroxyl groups is 1. The first-order valence-electron chi connectivity index (χ1n) is 6.74. The summed E-state index contributed by atoms with van der Waals surface area (Å²) in [6.07, 6.45) is 5.67. The molecule has 17 heavy (non-hydrogen) atoms. The highest BCUT2D eigenvalue weighted by atomic mass is 16.5. The molecule has 3 nitrogen and oxygen atoms in total. The number of nitriles is 1. The Morgan fingerprint density at radius 3 is 2.47 bits per heavy atom. The van der Waals surface area contributed by atoms with Gasteiger partial charge in [-0.3, -0.25) is 0 Å². The average molecular weight is 235 g/mol. The molecule has 1 N–H and O–H groups in total. The van der Waals surface area contributed by atoms with E-state index >= 15 is 0 Å². The summed E-state index contributed by atoms with van der Waals surface area (Å²) in [5.41, 5.74) is -1.69. The summed E-state index contributed by atoms with van der Waals surface area (Å²) in [6, 6.07) is 2.47. The second kappa shape index (κ2) is 3.24. The number of nitrogens with zero attached hydrogens (tertiary/aromatic N) is 1. The van der Waals surface area contributed by atoms with Gasteiger partial charge in [0, 0.05) is 0 Å². The average Bonchev–Trinajstić information content (AvgIpc) is 2.93. The van der Waals surface area contributed by atoms with Crippen molar-refractivity contribution in [2.24, 2.45) is 10.8 Å². The van der Waals surface area contributed by atoms with Crippen LogP contribution in [0.2, 0.25) is 0 Å². The van der Waals surface area contributed by atoms with E-state index in [0.717, 1.165) is 38.5 Å². The minimum Gasteiger partial charge on any atom is -0.388 e. The van der Waals surface area contributed by atoms with E-state index in [4.69, 9.17) is 4.74 Å². The first kappa shape index (κ1) is 11.5. The molecule has 94 valence electrons. The van der Waals surface area contributed by atoms with Gasteiger partial charge < -0.3 is 9.84 Å². The highest BCUT2D eigenvalue weighted by Gasteiger charge is 2.69. The summed E-state index contributed by atoms with van der Waals surface area (Å²) in [4.78, 5) is 0. The van der Waals surface area contributed by atoms with Gasteiger partial charge in [-0.15, -0.1) is 0 Å². The molecule has 3 aliphatic rings. The summed E-state index contributed by atoms with van der Waals surface area (Å²) in [7, 11) is 0. The maximum absolute atomic E-state index is 11.2. The zero-order valence-corrected chi connectivity index (χ0v) is 10.7. The van der Waals surface area contributed by atoms with E-state index in [1.807, 2.05) is 0 Å². The molecule has 4 unspecified atom stereocenters. The lowest BCUT2D eigenvalue weighted by atomic mass is 9.56. The molecule has 0 aromatic rings. The molecule has 0 aromatic carbocycles. The lowest BCUT2D eigenvalue weighted by Crippen LogP contribution is -2.58. The number of hydrogen-bond acceptors (Lipinski definition) is 3. The summed E-state index contributed by atoms with van der Waals surface area (Å²) in [5, 5.41) is 20.9. The molecule has 2 heterocycles. The van der Waals surface area contributed by atoms with E-state index in [9.17, 15) is 10.4 Å².